The summed E-state index contributed by atoms with van der Waals surface area (Å²) in [6.45, 7) is 13.8. The minimum absolute atomic E-state index is 0.0641. The van der Waals surface area contributed by atoms with Crippen molar-refractivity contribution in [1.29, 1.82) is 0 Å². The van der Waals surface area contributed by atoms with Gasteiger partial charge in [-0.05, 0) is 37.0 Å². The van der Waals surface area contributed by atoms with Crippen LogP contribution in [0.15, 0.2) is 0 Å². The lowest BCUT2D eigenvalue weighted by molar-refractivity contribution is -0.167. The van der Waals surface area contributed by atoms with Crippen LogP contribution in [0, 0.1) is 17.8 Å². The highest BCUT2D eigenvalue weighted by molar-refractivity contribution is 5.71. The summed E-state index contributed by atoms with van der Waals surface area (Å²) in [5.74, 6) is 1.72. The van der Waals surface area contributed by atoms with Crippen molar-refractivity contribution in [3.63, 3.8) is 0 Å². The van der Waals surface area contributed by atoms with Gasteiger partial charge in [-0.25, -0.2) is 0 Å². The van der Waals surface area contributed by atoms with Gasteiger partial charge in [-0.1, -0.05) is 292 Å². The molecule has 0 aliphatic heterocycles. The topological polar surface area (TPSA) is 78.9 Å². The van der Waals surface area contributed by atoms with Crippen LogP contribution >= 0.6 is 0 Å². The maximum Gasteiger partial charge on any atom is 0.306 e. The van der Waals surface area contributed by atoms with Crippen LogP contribution < -0.4 is 0 Å². The molecule has 66 heavy (non-hydrogen) atoms. The first-order chi connectivity index (χ1) is 32.2. The second kappa shape index (κ2) is 51.3. The smallest absolute Gasteiger partial charge is 0.306 e. The standard InChI is InChI=1S/C60H116O6/c1-7-55(5)47-41-35-29-25-21-17-13-11-9-10-12-14-18-22-26-30-37-43-49-58(61)64-52-57(53-65-59(62)50-44-38-33-32-36-42-48-56(6)8-2)66-60(63)51-45-39-31-27-23-19-15-16-20-24-28-34-40-46-54(3)4/h54-57H,7-53H2,1-6H3/t55?,56?,57-/m1/s1. The van der Waals surface area contributed by atoms with E-state index in [0.29, 0.717) is 19.3 Å². The van der Waals surface area contributed by atoms with E-state index in [1.54, 1.807) is 0 Å². The van der Waals surface area contributed by atoms with Gasteiger partial charge in [0.25, 0.3) is 0 Å². The van der Waals surface area contributed by atoms with E-state index >= 15 is 0 Å². The lowest BCUT2D eigenvalue weighted by Crippen LogP contribution is -2.30. The predicted octanol–water partition coefficient (Wildman–Crippen LogP) is 19.5. The molecule has 2 unspecified atom stereocenters. The largest absolute Gasteiger partial charge is 0.462 e. The average Bonchev–Trinajstić information content (AvgIpc) is 3.30. The van der Waals surface area contributed by atoms with Crippen molar-refractivity contribution in [2.45, 2.75) is 337 Å². The first-order valence-corrected chi connectivity index (χ1v) is 29.7. The molecule has 3 atom stereocenters. The summed E-state index contributed by atoms with van der Waals surface area (Å²) < 4.78 is 16.9. The van der Waals surface area contributed by atoms with E-state index in [4.69, 9.17) is 14.2 Å². The van der Waals surface area contributed by atoms with Crippen molar-refractivity contribution < 1.29 is 28.6 Å². The highest BCUT2D eigenvalue weighted by atomic mass is 16.6. The number of hydrogen-bond acceptors (Lipinski definition) is 6. The highest BCUT2D eigenvalue weighted by Crippen LogP contribution is 2.19. The number of carbonyl (C=O) groups excluding carboxylic acids is 3. The summed E-state index contributed by atoms with van der Waals surface area (Å²) in [5, 5.41) is 0. The summed E-state index contributed by atoms with van der Waals surface area (Å²) in [5.41, 5.74) is 0. The molecule has 0 saturated heterocycles. The Morgan fingerprint density at radius 3 is 0.788 bits per heavy atom. The molecule has 0 spiro atoms. The normalized spacial score (nSPS) is 13.0. The van der Waals surface area contributed by atoms with E-state index in [1.807, 2.05) is 0 Å². The van der Waals surface area contributed by atoms with Gasteiger partial charge >= 0.3 is 17.9 Å². The third kappa shape index (κ3) is 50.3. The number of ether oxygens (including phenoxy) is 3. The molecule has 6 heteroatoms. The van der Waals surface area contributed by atoms with Crippen LogP contribution in [0.2, 0.25) is 0 Å². The van der Waals surface area contributed by atoms with E-state index in [9.17, 15) is 14.4 Å². The first kappa shape index (κ1) is 64.4. The minimum Gasteiger partial charge on any atom is -0.462 e. The summed E-state index contributed by atoms with van der Waals surface area (Å²) >= 11 is 0. The Balaban J connectivity index is 4.21. The predicted molar refractivity (Wildman–Crippen MR) is 284 cm³/mol. The van der Waals surface area contributed by atoms with Gasteiger partial charge in [-0.2, -0.15) is 0 Å². The van der Waals surface area contributed by atoms with Crippen LogP contribution in [0.1, 0.15) is 330 Å². The molecule has 0 amide bonds. The summed E-state index contributed by atoms with van der Waals surface area (Å²) in [7, 11) is 0. The molecule has 0 bridgehead atoms. The van der Waals surface area contributed by atoms with Crippen LogP contribution in [0.3, 0.4) is 0 Å². The lowest BCUT2D eigenvalue weighted by Gasteiger charge is -2.18. The molecule has 0 aromatic carbocycles. The Bertz CT molecular complexity index is 1030. The Hall–Kier alpha value is -1.59. The van der Waals surface area contributed by atoms with Gasteiger partial charge in [-0.3, -0.25) is 14.4 Å². The van der Waals surface area contributed by atoms with E-state index in [0.717, 1.165) is 75.5 Å². The van der Waals surface area contributed by atoms with Crippen LogP contribution in [0.25, 0.3) is 0 Å². The molecule has 0 rings (SSSR count). The molecular weight excluding hydrogens is 817 g/mol. The Labute approximate surface area is 412 Å². The Morgan fingerprint density at radius 2 is 0.530 bits per heavy atom. The van der Waals surface area contributed by atoms with Crippen molar-refractivity contribution in [2.24, 2.45) is 17.8 Å². The fraction of sp³-hybridized carbons (Fsp3) is 0.950. The zero-order valence-electron chi connectivity index (χ0n) is 45.5. The van der Waals surface area contributed by atoms with Crippen molar-refractivity contribution in [1.82, 2.24) is 0 Å². The number of rotatable bonds is 53. The van der Waals surface area contributed by atoms with E-state index < -0.39 is 6.10 Å². The fourth-order valence-corrected chi connectivity index (χ4v) is 9.11. The second-order valence-corrected chi connectivity index (χ2v) is 21.6. The van der Waals surface area contributed by atoms with Crippen LogP contribution in [0.5, 0.6) is 0 Å². The summed E-state index contributed by atoms with van der Waals surface area (Å²) in [6, 6.07) is 0. The number of unbranched alkanes of at least 4 members (excludes halogenated alkanes) is 34. The third-order valence-electron chi connectivity index (χ3n) is 14.4. The zero-order chi connectivity index (χ0) is 48.4. The van der Waals surface area contributed by atoms with Crippen LogP contribution in [0.4, 0.5) is 0 Å². The molecule has 0 heterocycles. The number of carbonyl (C=O) groups is 3. The van der Waals surface area contributed by atoms with Gasteiger partial charge in [0, 0.05) is 19.3 Å². The molecule has 0 aliphatic carbocycles. The Kier molecular flexibility index (Phi) is 50.0. The van der Waals surface area contributed by atoms with Gasteiger partial charge in [-0.15, -0.1) is 0 Å². The quantitative estimate of drug-likeness (QED) is 0.0343. The second-order valence-electron chi connectivity index (χ2n) is 21.6. The molecule has 392 valence electrons. The third-order valence-corrected chi connectivity index (χ3v) is 14.4. The van der Waals surface area contributed by atoms with Crippen molar-refractivity contribution in [2.75, 3.05) is 13.2 Å². The van der Waals surface area contributed by atoms with Crippen LogP contribution in [-0.2, 0) is 28.6 Å². The molecule has 0 radical (unpaired) electrons. The SMILES string of the molecule is CCC(C)CCCCCCCCCCCCCCCCCCCCC(=O)OC[C@H](COC(=O)CCCCCCCCC(C)CC)OC(=O)CCCCCCCCCCCCCCCC(C)C. The fourth-order valence-electron chi connectivity index (χ4n) is 9.11. The van der Waals surface area contributed by atoms with Gasteiger partial charge in [0.15, 0.2) is 6.10 Å². The van der Waals surface area contributed by atoms with E-state index in [2.05, 4.69) is 41.5 Å². The summed E-state index contributed by atoms with van der Waals surface area (Å²) in [6.07, 6.45) is 53.9. The molecule has 6 nitrogen and oxygen atoms in total. The zero-order valence-corrected chi connectivity index (χ0v) is 45.5. The van der Waals surface area contributed by atoms with Gasteiger partial charge in [0.2, 0.25) is 0 Å². The number of esters is 3. The minimum atomic E-state index is -0.764. The molecular formula is C60H116O6. The molecule has 0 aromatic heterocycles. The molecule has 0 fully saturated rings. The maximum absolute atomic E-state index is 12.8. The van der Waals surface area contributed by atoms with Crippen LogP contribution in [-0.4, -0.2) is 37.2 Å². The van der Waals surface area contributed by atoms with Crippen molar-refractivity contribution >= 4 is 17.9 Å². The van der Waals surface area contributed by atoms with Gasteiger partial charge in [0.05, 0.1) is 0 Å². The first-order valence-electron chi connectivity index (χ1n) is 29.7. The van der Waals surface area contributed by atoms with Gasteiger partial charge in [0.1, 0.15) is 13.2 Å². The summed E-state index contributed by atoms with van der Waals surface area (Å²) in [4.78, 5) is 38.1. The van der Waals surface area contributed by atoms with E-state index in [-0.39, 0.29) is 31.1 Å². The van der Waals surface area contributed by atoms with E-state index in [1.165, 1.54) is 212 Å². The van der Waals surface area contributed by atoms with Crippen molar-refractivity contribution in [3.05, 3.63) is 0 Å². The molecule has 0 aromatic rings. The molecule has 0 aliphatic rings. The highest BCUT2D eigenvalue weighted by Gasteiger charge is 2.19. The maximum atomic E-state index is 12.8. The van der Waals surface area contributed by atoms with Gasteiger partial charge < -0.3 is 14.2 Å². The lowest BCUT2D eigenvalue weighted by atomic mass is 9.99. The molecule has 0 N–H and O–H groups in total. The Morgan fingerprint density at radius 1 is 0.303 bits per heavy atom. The molecule has 0 saturated carbocycles. The average molecular weight is 934 g/mol. The number of hydrogen-bond donors (Lipinski definition) is 0. The monoisotopic (exact) mass is 933 g/mol. The van der Waals surface area contributed by atoms with Crippen molar-refractivity contribution in [3.8, 4) is 0 Å².